The third-order valence-corrected chi connectivity index (χ3v) is 14.6. The number of carboxylic acid groups (broad SMARTS) is 1. The molecule has 1 rings (SSSR count). The first-order valence-electron chi connectivity index (χ1n) is 33.2. The number of carbonyl (C=O) groups excluding carboxylic acids is 3. The van der Waals surface area contributed by atoms with Crippen LogP contribution in [0.1, 0.15) is 278 Å². The Morgan fingerprint density at radius 2 is 0.759 bits per heavy atom. The van der Waals surface area contributed by atoms with Crippen molar-refractivity contribution in [2.75, 3.05) is 13.2 Å². The van der Waals surface area contributed by atoms with E-state index in [-0.39, 0.29) is 25.9 Å². The summed E-state index contributed by atoms with van der Waals surface area (Å²) in [6.45, 7) is 5.84. The number of hydrogen-bond donors (Lipinski definition) is 3. The molecule has 0 aromatic heterocycles. The lowest BCUT2D eigenvalue weighted by Crippen LogP contribution is -2.61. The van der Waals surface area contributed by atoms with Crippen LogP contribution < -0.4 is 0 Å². The molecule has 0 aliphatic carbocycles. The van der Waals surface area contributed by atoms with Crippen LogP contribution in [0.2, 0.25) is 0 Å². The zero-order chi connectivity index (χ0) is 60.3. The van der Waals surface area contributed by atoms with Crippen LogP contribution in [0.3, 0.4) is 0 Å². The second-order valence-electron chi connectivity index (χ2n) is 22.4. The van der Waals surface area contributed by atoms with Gasteiger partial charge in [-0.15, -0.1) is 0 Å². The summed E-state index contributed by atoms with van der Waals surface area (Å²) in [7, 11) is 0. The van der Waals surface area contributed by atoms with Crippen molar-refractivity contribution in [2.45, 2.75) is 314 Å². The first-order valence-corrected chi connectivity index (χ1v) is 33.2. The molecule has 83 heavy (non-hydrogen) atoms. The predicted molar refractivity (Wildman–Crippen MR) is 340 cm³/mol. The molecular weight excluding hydrogens is 1040 g/mol. The van der Waals surface area contributed by atoms with Crippen LogP contribution in [0, 0.1) is 0 Å². The zero-order valence-corrected chi connectivity index (χ0v) is 52.4. The van der Waals surface area contributed by atoms with Crippen molar-refractivity contribution in [3.63, 3.8) is 0 Å². The minimum absolute atomic E-state index is 0.0481. The fraction of sp³-hybridized carbons (Fsp3) is 0.718. The maximum atomic E-state index is 13.2. The molecule has 0 amide bonds. The Morgan fingerprint density at radius 1 is 0.410 bits per heavy atom. The Hall–Kier alpha value is -4.36. The highest BCUT2D eigenvalue weighted by Gasteiger charge is 2.50. The predicted octanol–water partition coefficient (Wildman–Crippen LogP) is 18.0. The molecule has 1 heterocycles. The Balaban J connectivity index is 2.69. The molecule has 12 nitrogen and oxygen atoms in total. The van der Waals surface area contributed by atoms with Gasteiger partial charge < -0.3 is 39.0 Å². The second kappa shape index (κ2) is 58.0. The first-order chi connectivity index (χ1) is 40.6. The van der Waals surface area contributed by atoms with Crippen LogP contribution in [0.4, 0.5) is 0 Å². The van der Waals surface area contributed by atoms with Gasteiger partial charge in [-0.25, -0.2) is 4.79 Å². The van der Waals surface area contributed by atoms with Crippen LogP contribution in [0.25, 0.3) is 0 Å². The summed E-state index contributed by atoms with van der Waals surface area (Å²) in [4.78, 5) is 51.4. The van der Waals surface area contributed by atoms with E-state index in [0.29, 0.717) is 19.3 Å². The SMILES string of the molecule is CC/C=C\C/C=C\C/C=C\C/C=C\C/C=C\CCCCCC(=O)OCC(COC1OC(C(=O)O)C(O)C(O)C1OC(=O)CCCCCCCCC/C=C\CCCCCCCC)OC(=O)CCCCCCCCC/C=C\C/C=C\CCCCC. The monoisotopic (exact) mass is 1160 g/mol. The molecule has 1 saturated heterocycles. The normalized spacial score (nSPS) is 18.2. The second-order valence-corrected chi connectivity index (χ2v) is 22.4. The van der Waals surface area contributed by atoms with Gasteiger partial charge in [-0.05, 0) is 122 Å². The molecule has 1 aliphatic rings. The number of allylic oxidation sites excluding steroid dienone is 16. The highest BCUT2D eigenvalue weighted by atomic mass is 16.7. The molecule has 6 atom stereocenters. The van der Waals surface area contributed by atoms with E-state index in [2.05, 4.69) is 118 Å². The lowest BCUT2D eigenvalue weighted by molar-refractivity contribution is -0.301. The van der Waals surface area contributed by atoms with Crippen molar-refractivity contribution in [3.05, 3.63) is 97.2 Å². The van der Waals surface area contributed by atoms with Gasteiger partial charge in [0, 0.05) is 19.3 Å². The number of ether oxygens (including phenoxy) is 5. The van der Waals surface area contributed by atoms with E-state index < -0.39 is 67.3 Å². The van der Waals surface area contributed by atoms with E-state index in [9.17, 15) is 34.5 Å². The summed E-state index contributed by atoms with van der Waals surface area (Å²) in [5.74, 6) is -3.17. The van der Waals surface area contributed by atoms with Crippen molar-refractivity contribution in [2.24, 2.45) is 0 Å². The van der Waals surface area contributed by atoms with Gasteiger partial charge >= 0.3 is 23.9 Å². The van der Waals surface area contributed by atoms with Crippen LogP contribution >= 0.6 is 0 Å². The Morgan fingerprint density at radius 3 is 1.20 bits per heavy atom. The molecule has 0 bridgehead atoms. The van der Waals surface area contributed by atoms with E-state index in [1.165, 1.54) is 70.6 Å². The number of rotatable bonds is 56. The van der Waals surface area contributed by atoms with Gasteiger partial charge in [0.1, 0.15) is 18.8 Å². The molecule has 6 unspecified atom stereocenters. The molecule has 0 saturated carbocycles. The van der Waals surface area contributed by atoms with E-state index >= 15 is 0 Å². The minimum Gasteiger partial charge on any atom is -0.479 e. The molecule has 474 valence electrons. The summed E-state index contributed by atoms with van der Waals surface area (Å²) >= 11 is 0. The molecule has 0 aromatic rings. The molecule has 0 radical (unpaired) electrons. The van der Waals surface area contributed by atoms with Gasteiger partial charge in [0.15, 0.2) is 24.6 Å². The highest BCUT2D eigenvalue weighted by molar-refractivity contribution is 5.74. The fourth-order valence-electron chi connectivity index (χ4n) is 9.54. The number of aliphatic hydroxyl groups excluding tert-OH is 2. The van der Waals surface area contributed by atoms with Gasteiger partial charge in [-0.2, -0.15) is 0 Å². The van der Waals surface area contributed by atoms with Crippen molar-refractivity contribution < 1.29 is 58.2 Å². The van der Waals surface area contributed by atoms with Crippen molar-refractivity contribution in [3.8, 4) is 0 Å². The Labute approximate surface area is 504 Å². The summed E-state index contributed by atoms with van der Waals surface area (Å²) < 4.78 is 28.5. The maximum absolute atomic E-state index is 13.2. The lowest BCUT2D eigenvalue weighted by Gasteiger charge is -2.40. The third kappa shape index (κ3) is 47.6. The van der Waals surface area contributed by atoms with Crippen LogP contribution in [0.5, 0.6) is 0 Å². The standard InChI is InChI=1S/C71H118O12/c1-4-7-10-13-16-19-22-25-28-31-32-35-36-39-42-45-48-51-54-57-63(72)79-60-62(81-64(73)58-55-52-49-46-43-40-37-33-29-26-23-20-17-14-11-8-5-2)61-80-71-69(67(76)66(75)68(83-71)70(77)78)82-65(74)59-56-53-50-47-44-41-38-34-30-27-24-21-18-15-12-9-6-3/h7,10,16-17,19-20,25-30,32,35,39,42,62,66-69,71,75-76H,4-6,8-9,11-15,18,21-24,31,33-34,36-38,40-41,43-61H2,1-3H3,(H,77,78)/b10-7-,19-16-,20-17-,28-25-,29-26-,30-27-,35-32-,42-39-. The number of esters is 3. The number of unbranched alkanes of at least 4 members (excludes halogenated alkanes) is 26. The van der Waals surface area contributed by atoms with E-state index in [1.54, 1.807) is 0 Å². The molecule has 12 heteroatoms. The number of aliphatic carboxylic acids is 1. The highest BCUT2D eigenvalue weighted by Crippen LogP contribution is 2.27. The summed E-state index contributed by atoms with van der Waals surface area (Å²) in [6.07, 6.45) is 65.0. The number of aliphatic hydroxyl groups is 2. The fourth-order valence-corrected chi connectivity index (χ4v) is 9.54. The number of carbonyl (C=O) groups is 4. The molecular formula is C71H118O12. The van der Waals surface area contributed by atoms with Crippen molar-refractivity contribution in [1.29, 1.82) is 0 Å². The molecule has 0 spiro atoms. The molecule has 1 fully saturated rings. The molecule has 0 aromatic carbocycles. The van der Waals surface area contributed by atoms with Gasteiger partial charge in [0.05, 0.1) is 6.61 Å². The topological polar surface area (TPSA) is 175 Å². The Bertz CT molecular complexity index is 1810. The molecule has 1 aliphatic heterocycles. The van der Waals surface area contributed by atoms with Crippen LogP contribution in [-0.2, 0) is 42.9 Å². The average molecular weight is 1160 g/mol. The minimum atomic E-state index is -1.91. The molecule has 3 N–H and O–H groups in total. The van der Waals surface area contributed by atoms with Gasteiger partial charge in [0.2, 0.25) is 0 Å². The number of carboxylic acids is 1. The summed E-state index contributed by atoms with van der Waals surface area (Å²) in [5, 5.41) is 31.6. The van der Waals surface area contributed by atoms with Gasteiger partial charge in [-0.3, -0.25) is 14.4 Å². The maximum Gasteiger partial charge on any atom is 0.335 e. The lowest BCUT2D eigenvalue weighted by atomic mass is 9.98. The first kappa shape index (κ1) is 76.7. The van der Waals surface area contributed by atoms with Crippen LogP contribution in [0.15, 0.2) is 97.2 Å². The quantitative estimate of drug-likeness (QED) is 0.0228. The van der Waals surface area contributed by atoms with E-state index in [0.717, 1.165) is 148 Å². The zero-order valence-electron chi connectivity index (χ0n) is 52.4. The van der Waals surface area contributed by atoms with E-state index in [1.807, 2.05) is 0 Å². The van der Waals surface area contributed by atoms with Gasteiger partial charge in [0.25, 0.3) is 0 Å². The summed E-state index contributed by atoms with van der Waals surface area (Å²) in [6, 6.07) is 0. The number of hydrogen-bond acceptors (Lipinski definition) is 11. The largest absolute Gasteiger partial charge is 0.479 e. The Kier molecular flexibility index (Phi) is 53.6. The van der Waals surface area contributed by atoms with Crippen molar-refractivity contribution in [1.82, 2.24) is 0 Å². The van der Waals surface area contributed by atoms with E-state index in [4.69, 9.17) is 23.7 Å². The third-order valence-electron chi connectivity index (χ3n) is 14.6. The van der Waals surface area contributed by atoms with Crippen molar-refractivity contribution >= 4 is 23.9 Å². The van der Waals surface area contributed by atoms with Crippen LogP contribution in [-0.4, -0.2) is 89.2 Å². The average Bonchev–Trinajstić information content (AvgIpc) is 3.59. The summed E-state index contributed by atoms with van der Waals surface area (Å²) in [5.41, 5.74) is 0. The smallest absolute Gasteiger partial charge is 0.335 e. The van der Waals surface area contributed by atoms with Gasteiger partial charge in [-0.1, -0.05) is 234 Å².